The first kappa shape index (κ1) is 37.0. The summed E-state index contributed by atoms with van der Waals surface area (Å²) in [5.74, 6) is -1.91. The van der Waals surface area contributed by atoms with E-state index in [1.807, 2.05) is 0 Å². The van der Waals surface area contributed by atoms with Gasteiger partial charge in [0.25, 0.3) is 10.1 Å². The number of carbonyl (C=O) groups is 2. The Kier molecular flexibility index (Phi) is 27.0. The summed E-state index contributed by atoms with van der Waals surface area (Å²) in [5.41, 5.74) is 0. The van der Waals surface area contributed by atoms with Gasteiger partial charge in [0.15, 0.2) is 5.25 Å². The van der Waals surface area contributed by atoms with Crippen LogP contribution in [0.1, 0.15) is 136 Å². The van der Waals surface area contributed by atoms with Crippen molar-refractivity contribution in [2.75, 3.05) is 13.2 Å². The molecule has 9 heteroatoms. The monoisotopic (exact) mass is 529 g/mol. The van der Waals surface area contributed by atoms with Gasteiger partial charge in [-0.3, -0.25) is 14.1 Å². The largest absolute Gasteiger partial charge is 0.466 e. The average molecular weight is 530 g/mol. The summed E-state index contributed by atoms with van der Waals surface area (Å²) in [5, 5.41) is -1.93. The molecular weight excluding hydrogens is 479 g/mol. The van der Waals surface area contributed by atoms with Crippen LogP contribution in [0.4, 0.5) is 0 Å². The van der Waals surface area contributed by atoms with E-state index in [-0.39, 0.29) is 42.8 Å². The Hall–Kier alpha value is -0.150. The van der Waals surface area contributed by atoms with Gasteiger partial charge in [-0.15, -0.1) is 0 Å². The molecule has 0 rings (SSSR count). The van der Waals surface area contributed by atoms with Crippen molar-refractivity contribution in [2.45, 2.75) is 141 Å². The molecule has 35 heavy (non-hydrogen) atoms. The molecule has 0 aliphatic heterocycles. The minimum absolute atomic E-state index is 0. The van der Waals surface area contributed by atoms with Gasteiger partial charge in [-0.05, 0) is 12.8 Å². The number of esters is 2. The van der Waals surface area contributed by atoms with Crippen molar-refractivity contribution < 1.29 is 32.0 Å². The van der Waals surface area contributed by atoms with Crippen LogP contribution < -0.4 is 0 Å². The molecule has 1 N–H and O–H groups in total. The number of rotatable bonds is 24. The molecule has 1 atom stereocenters. The van der Waals surface area contributed by atoms with E-state index in [1.54, 1.807) is 0 Å². The Balaban J connectivity index is 0. The van der Waals surface area contributed by atoms with Crippen molar-refractivity contribution in [1.82, 2.24) is 0 Å². The molecule has 0 spiro atoms. The molecular formula is C26H50NaO7S. The number of hydrogen-bond donors (Lipinski definition) is 1. The zero-order valence-electron chi connectivity index (χ0n) is 22.7. The quantitative estimate of drug-likeness (QED) is 0.0667. The molecule has 7 nitrogen and oxygen atoms in total. The van der Waals surface area contributed by atoms with E-state index in [2.05, 4.69) is 13.8 Å². The summed E-state index contributed by atoms with van der Waals surface area (Å²) in [7, 11) is -4.75. The average Bonchev–Trinajstić information content (AvgIpc) is 2.79. The van der Waals surface area contributed by atoms with Crippen LogP contribution in [0.5, 0.6) is 0 Å². The maximum atomic E-state index is 12.1. The van der Waals surface area contributed by atoms with Gasteiger partial charge in [0, 0.05) is 29.6 Å². The van der Waals surface area contributed by atoms with Crippen LogP contribution in [-0.4, -0.2) is 72.9 Å². The van der Waals surface area contributed by atoms with Crippen LogP contribution in [0, 0.1) is 0 Å². The van der Waals surface area contributed by atoms with E-state index < -0.39 is 33.7 Å². The van der Waals surface area contributed by atoms with E-state index in [0.717, 1.165) is 38.5 Å². The molecule has 0 saturated heterocycles. The SMILES string of the molecule is CCCCCCCCCCCOC(=O)CC(C(=O)OCCCCCCCCCCC)S(=O)(=O)O.[Na]. The molecule has 0 aliphatic rings. The number of hydrogen-bond acceptors (Lipinski definition) is 6. The molecule has 1 unspecified atom stereocenters. The van der Waals surface area contributed by atoms with Gasteiger partial charge in [-0.25, -0.2) is 0 Å². The fourth-order valence-corrected chi connectivity index (χ4v) is 4.46. The van der Waals surface area contributed by atoms with E-state index >= 15 is 0 Å². The standard InChI is InChI=1S/C26H50O7S.Na/c1-3-5-7-9-11-13-15-17-19-21-32-25(27)23-24(34(29,30)31)26(28)33-22-20-18-16-14-12-10-8-6-4-2;/h24H,3-23H2,1-2H3,(H,29,30,31);. The van der Waals surface area contributed by atoms with E-state index in [1.165, 1.54) is 64.2 Å². The fourth-order valence-electron chi connectivity index (χ4n) is 3.80. The second-order valence-electron chi connectivity index (χ2n) is 9.25. The van der Waals surface area contributed by atoms with Crippen molar-refractivity contribution in [3.63, 3.8) is 0 Å². The van der Waals surface area contributed by atoms with Crippen molar-refractivity contribution in [3.8, 4) is 0 Å². The predicted octanol–water partition coefficient (Wildman–Crippen LogP) is 6.40. The molecule has 1 radical (unpaired) electrons. The summed E-state index contributed by atoms with van der Waals surface area (Å²) in [6.07, 6.45) is 19.3. The maximum Gasteiger partial charge on any atom is 0.327 e. The van der Waals surface area contributed by atoms with Crippen LogP contribution >= 0.6 is 0 Å². The van der Waals surface area contributed by atoms with Crippen LogP contribution in [0.15, 0.2) is 0 Å². The molecule has 0 aliphatic carbocycles. The Labute approximate surface area is 236 Å². The van der Waals surface area contributed by atoms with Gasteiger partial charge in [0.1, 0.15) is 0 Å². The van der Waals surface area contributed by atoms with Gasteiger partial charge in [-0.2, -0.15) is 8.42 Å². The third kappa shape index (κ3) is 24.0. The van der Waals surface area contributed by atoms with Gasteiger partial charge in [-0.1, -0.05) is 117 Å². The topological polar surface area (TPSA) is 107 Å². The van der Waals surface area contributed by atoms with Gasteiger partial charge in [0.05, 0.1) is 19.6 Å². The van der Waals surface area contributed by atoms with Crippen molar-refractivity contribution in [3.05, 3.63) is 0 Å². The molecule has 0 aromatic heterocycles. The molecule has 0 fully saturated rings. The fraction of sp³-hybridized carbons (Fsp3) is 0.923. The third-order valence-electron chi connectivity index (χ3n) is 5.98. The van der Waals surface area contributed by atoms with Crippen LogP contribution in [-0.2, 0) is 29.2 Å². The smallest absolute Gasteiger partial charge is 0.327 e. The van der Waals surface area contributed by atoms with Crippen LogP contribution in [0.2, 0.25) is 0 Å². The van der Waals surface area contributed by atoms with Crippen LogP contribution in [0.3, 0.4) is 0 Å². The molecule has 0 bridgehead atoms. The molecule has 0 aromatic rings. The molecule has 203 valence electrons. The summed E-state index contributed by atoms with van der Waals surface area (Å²) in [6.45, 7) is 4.64. The third-order valence-corrected chi connectivity index (χ3v) is 7.06. The number of carbonyl (C=O) groups excluding carboxylic acids is 2. The normalized spacial score (nSPS) is 12.1. The van der Waals surface area contributed by atoms with Crippen molar-refractivity contribution >= 4 is 51.6 Å². The first-order valence-corrected chi connectivity index (χ1v) is 15.1. The van der Waals surface area contributed by atoms with E-state index in [0.29, 0.717) is 12.8 Å². The van der Waals surface area contributed by atoms with Gasteiger partial charge in [0.2, 0.25) is 0 Å². The first-order valence-electron chi connectivity index (χ1n) is 13.6. The second-order valence-corrected chi connectivity index (χ2v) is 10.9. The Morgan fingerprint density at radius 2 is 0.971 bits per heavy atom. The van der Waals surface area contributed by atoms with Crippen LogP contribution in [0.25, 0.3) is 0 Å². The Bertz CT molecular complexity index is 611. The number of ether oxygens (including phenoxy) is 2. The van der Waals surface area contributed by atoms with E-state index in [9.17, 15) is 22.6 Å². The minimum atomic E-state index is -4.75. The summed E-state index contributed by atoms with van der Waals surface area (Å²) in [6, 6.07) is 0. The summed E-state index contributed by atoms with van der Waals surface area (Å²) in [4.78, 5) is 24.1. The van der Waals surface area contributed by atoms with Gasteiger partial charge < -0.3 is 9.47 Å². The first-order chi connectivity index (χ1) is 16.3. The van der Waals surface area contributed by atoms with Gasteiger partial charge >= 0.3 is 11.9 Å². The molecule has 0 saturated carbocycles. The predicted molar refractivity (Wildman–Crippen MR) is 142 cm³/mol. The zero-order chi connectivity index (χ0) is 25.5. The Morgan fingerprint density at radius 1 is 0.629 bits per heavy atom. The zero-order valence-corrected chi connectivity index (χ0v) is 25.5. The summed E-state index contributed by atoms with van der Waals surface area (Å²) >= 11 is 0. The summed E-state index contributed by atoms with van der Waals surface area (Å²) < 4.78 is 42.6. The van der Waals surface area contributed by atoms with Crippen molar-refractivity contribution in [1.29, 1.82) is 0 Å². The minimum Gasteiger partial charge on any atom is -0.466 e. The molecule has 0 aromatic carbocycles. The maximum absolute atomic E-state index is 12.1. The van der Waals surface area contributed by atoms with E-state index in [4.69, 9.17) is 9.47 Å². The Morgan fingerprint density at radius 3 is 1.34 bits per heavy atom. The van der Waals surface area contributed by atoms with Crippen molar-refractivity contribution in [2.24, 2.45) is 0 Å². The molecule has 0 heterocycles. The molecule has 0 amide bonds. The number of unbranched alkanes of at least 4 members (excludes halogenated alkanes) is 16. The second kappa shape index (κ2) is 25.5.